The molecular weight excluding hydrogens is 470 g/mol. The van der Waals surface area contributed by atoms with Crippen LogP contribution in [-0.2, 0) is 22.6 Å². The smallest absolute Gasteiger partial charge is 0.264 e. The molecule has 36 heavy (non-hydrogen) atoms. The first kappa shape index (κ1) is 25.1. The second kappa shape index (κ2) is 11.6. The Morgan fingerprint density at radius 2 is 1.75 bits per heavy atom. The summed E-state index contributed by atoms with van der Waals surface area (Å²) in [5, 5.41) is 12.7. The van der Waals surface area contributed by atoms with E-state index in [4.69, 9.17) is 4.74 Å². The zero-order chi connectivity index (χ0) is 25.5. The van der Waals surface area contributed by atoms with Crippen LogP contribution in [0.3, 0.4) is 0 Å². The summed E-state index contributed by atoms with van der Waals surface area (Å²) in [5.41, 5.74) is 3.58. The van der Waals surface area contributed by atoms with E-state index in [0.717, 1.165) is 16.7 Å². The summed E-state index contributed by atoms with van der Waals surface area (Å²) in [6.45, 7) is 4.73. The maximum absolute atomic E-state index is 13.7. The van der Waals surface area contributed by atoms with Gasteiger partial charge in [-0.25, -0.2) is 0 Å². The molecule has 0 aromatic heterocycles. The Morgan fingerprint density at radius 3 is 2.42 bits per heavy atom. The van der Waals surface area contributed by atoms with E-state index in [0.29, 0.717) is 29.5 Å². The molecule has 0 saturated carbocycles. The van der Waals surface area contributed by atoms with E-state index in [2.05, 4.69) is 11.4 Å². The van der Waals surface area contributed by atoms with Crippen LogP contribution in [-0.4, -0.2) is 23.7 Å². The molecule has 182 valence electrons. The van der Waals surface area contributed by atoms with Crippen molar-refractivity contribution < 1.29 is 14.3 Å². The molecule has 1 unspecified atom stereocenters. The lowest BCUT2D eigenvalue weighted by atomic mass is 10.0. The number of ether oxygens (including phenoxy) is 1. The number of carbonyl (C=O) groups is 2. The molecule has 1 N–H and O–H groups in total. The summed E-state index contributed by atoms with van der Waals surface area (Å²) in [7, 11) is 0. The summed E-state index contributed by atoms with van der Waals surface area (Å²) in [6, 6.07) is 26.6. The van der Waals surface area contributed by atoms with Gasteiger partial charge in [0.15, 0.2) is 0 Å². The molecule has 3 aromatic carbocycles. The number of aryl methyl sites for hydroxylation is 1. The zero-order valence-corrected chi connectivity index (χ0v) is 21.0. The van der Waals surface area contributed by atoms with E-state index >= 15 is 0 Å². The van der Waals surface area contributed by atoms with E-state index in [1.54, 1.807) is 24.3 Å². The monoisotopic (exact) mass is 497 g/mol. The highest BCUT2D eigenvalue weighted by atomic mass is 32.2. The normalized spacial score (nSPS) is 16.4. The molecule has 1 aliphatic rings. The number of amides is 2. The number of hydrogen-bond donors (Lipinski definition) is 1. The standard InChI is InChI=1S/C29H27N3O3S/c1-3-35-24-15-13-23(14-16-24)32-28(34)26(17-22-12-8-7-9-20(22)2)36-29(32)25(18-30)27(33)31-19-21-10-5-4-6-11-21/h4-16,26H,3,17,19H2,1-2H3,(H,31,33)/b29-25-. The van der Waals surface area contributed by atoms with Crippen LogP contribution < -0.4 is 15.0 Å². The Hall–Kier alpha value is -4.02. The molecule has 0 aliphatic carbocycles. The molecule has 1 saturated heterocycles. The van der Waals surface area contributed by atoms with Crippen LogP contribution in [0.4, 0.5) is 5.69 Å². The van der Waals surface area contributed by atoms with Crippen molar-refractivity contribution in [2.24, 2.45) is 0 Å². The summed E-state index contributed by atoms with van der Waals surface area (Å²) < 4.78 is 5.53. The number of nitrogens with zero attached hydrogens (tertiary/aromatic N) is 2. The largest absolute Gasteiger partial charge is 0.494 e. The fourth-order valence-corrected chi connectivity index (χ4v) is 5.28. The van der Waals surface area contributed by atoms with E-state index < -0.39 is 11.2 Å². The van der Waals surface area contributed by atoms with Gasteiger partial charge >= 0.3 is 0 Å². The van der Waals surface area contributed by atoms with Crippen molar-refractivity contribution in [3.63, 3.8) is 0 Å². The van der Waals surface area contributed by atoms with E-state index in [-0.39, 0.29) is 18.0 Å². The Morgan fingerprint density at radius 1 is 1.06 bits per heavy atom. The van der Waals surface area contributed by atoms with Crippen LogP contribution >= 0.6 is 11.8 Å². The van der Waals surface area contributed by atoms with Crippen LogP contribution in [0.15, 0.2) is 89.5 Å². The molecular formula is C29H27N3O3S. The topological polar surface area (TPSA) is 82.4 Å². The van der Waals surface area contributed by atoms with Gasteiger partial charge in [-0.2, -0.15) is 5.26 Å². The number of nitrogens with one attached hydrogen (secondary N) is 1. The molecule has 1 atom stereocenters. The van der Waals surface area contributed by atoms with Crippen molar-refractivity contribution in [1.82, 2.24) is 5.32 Å². The van der Waals surface area contributed by atoms with Crippen molar-refractivity contribution in [3.05, 3.63) is 106 Å². The summed E-state index contributed by atoms with van der Waals surface area (Å²) in [6.07, 6.45) is 0.498. The Bertz CT molecular complexity index is 1310. The maximum Gasteiger partial charge on any atom is 0.264 e. The van der Waals surface area contributed by atoms with Gasteiger partial charge in [0.05, 0.1) is 11.9 Å². The molecule has 0 bridgehead atoms. The summed E-state index contributed by atoms with van der Waals surface area (Å²) in [4.78, 5) is 28.3. The van der Waals surface area contributed by atoms with Crippen LogP contribution in [0, 0.1) is 18.3 Å². The molecule has 0 radical (unpaired) electrons. The first-order chi connectivity index (χ1) is 17.5. The lowest BCUT2D eigenvalue weighted by molar-refractivity contribution is -0.117. The molecule has 4 rings (SSSR count). The number of nitriles is 1. The number of hydrogen-bond acceptors (Lipinski definition) is 5. The van der Waals surface area contributed by atoms with E-state index in [1.165, 1.54) is 16.7 Å². The molecule has 7 heteroatoms. The molecule has 1 fully saturated rings. The number of benzene rings is 3. The third-order valence-corrected chi connectivity index (χ3v) is 7.14. The van der Waals surface area contributed by atoms with Gasteiger partial charge in [-0.15, -0.1) is 0 Å². The summed E-state index contributed by atoms with van der Waals surface area (Å²) >= 11 is 1.26. The zero-order valence-electron chi connectivity index (χ0n) is 20.2. The Balaban J connectivity index is 1.68. The van der Waals surface area contributed by atoms with Crippen molar-refractivity contribution in [2.75, 3.05) is 11.5 Å². The minimum Gasteiger partial charge on any atom is -0.494 e. The highest BCUT2D eigenvalue weighted by Crippen LogP contribution is 2.42. The number of carbonyl (C=O) groups excluding carboxylic acids is 2. The third-order valence-electron chi connectivity index (χ3n) is 5.87. The first-order valence-electron chi connectivity index (χ1n) is 11.8. The van der Waals surface area contributed by atoms with Gasteiger partial charge in [-0.1, -0.05) is 66.4 Å². The van der Waals surface area contributed by atoms with Gasteiger partial charge in [0.2, 0.25) is 5.91 Å². The third kappa shape index (κ3) is 5.61. The maximum atomic E-state index is 13.7. The number of thioether (sulfide) groups is 1. The van der Waals surface area contributed by atoms with Crippen LogP contribution in [0.2, 0.25) is 0 Å². The first-order valence-corrected chi connectivity index (χ1v) is 12.6. The second-order valence-electron chi connectivity index (χ2n) is 8.30. The molecule has 6 nitrogen and oxygen atoms in total. The average molecular weight is 498 g/mol. The predicted molar refractivity (Wildman–Crippen MR) is 142 cm³/mol. The van der Waals surface area contributed by atoms with Gasteiger partial charge < -0.3 is 10.1 Å². The summed E-state index contributed by atoms with van der Waals surface area (Å²) in [5.74, 6) is 0.0128. The lowest BCUT2D eigenvalue weighted by Gasteiger charge is -2.19. The average Bonchev–Trinajstić information content (AvgIpc) is 3.21. The quantitative estimate of drug-likeness (QED) is 0.344. The molecule has 2 amide bonds. The minimum absolute atomic E-state index is 0.0783. The molecule has 1 aliphatic heterocycles. The molecule has 3 aromatic rings. The fourth-order valence-electron chi connectivity index (χ4n) is 3.99. The van der Waals surface area contributed by atoms with Gasteiger partial charge in [0.25, 0.3) is 5.91 Å². The van der Waals surface area contributed by atoms with E-state index in [1.807, 2.05) is 68.4 Å². The fraction of sp³-hybridized carbons (Fsp3) is 0.207. The molecule has 1 heterocycles. The highest BCUT2D eigenvalue weighted by molar-refractivity contribution is 8.05. The van der Waals surface area contributed by atoms with Crippen molar-refractivity contribution in [2.45, 2.75) is 32.1 Å². The number of anilines is 1. The van der Waals surface area contributed by atoms with Gasteiger partial charge in [-0.05, 0) is 61.2 Å². The Kier molecular flexibility index (Phi) is 8.09. The van der Waals surface area contributed by atoms with Crippen LogP contribution in [0.25, 0.3) is 0 Å². The van der Waals surface area contributed by atoms with Crippen molar-refractivity contribution in [1.29, 1.82) is 5.26 Å². The minimum atomic E-state index is -0.510. The lowest BCUT2D eigenvalue weighted by Crippen LogP contribution is -2.32. The predicted octanol–water partition coefficient (Wildman–Crippen LogP) is 5.14. The van der Waals surface area contributed by atoms with Gasteiger partial charge in [0.1, 0.15) is 22.4 Å². The SMILES string of the molecule is CCOc1ccc(N2C(=O)C(Cc3ccccc3C)S/C2=C(/C#N)C(=O)NCc2ccccc2)cc1. The van der Waals surface area contributed by atoms with Gasteiger partial charge in [-0.3, -0.25) is 14.5 Å². The van der Waals surface area contributed by atoms with Crippen LogP contribution in [0.1, 0.15) is 23.6 Å². The van der Waals surface area contributed by atoms with Crippen molar-refractivity contribution >= 4 is 29.3 Å². The van der Waals surface area contributed by atoms with Crippen molar-refractivity contribution in [3.8, 4) is 11.8 Å². The van der Waals surface area contributed by atoms with Crippen LogP contribution in [0.5, 0.6) is 5.75 Å². The second-order valence-corrected chi connectivity index (χ2v) is 9.49. The van der Waals surface area contributed by atoms with Gasteiger partial charge in [0, 0.05) is 12.2 Å². The Labute approximate surface area is 215 Å². The molecule has 0 spiro atoms. The van der Waals surface area contributed by atoms with E-state index in [9.17, 15) is 14.9 Å². The number of rotatable bonds is 8. The highest BCUT2D eigenvalue weighted by Gasteiger charge is 2.41.